The third-order valence-electron chi connectivity index (χ3n) is 3.23. The van der Waals surface area contributed by atoms with E-state index >= 15 is 0 Å². The number of hydrogen-bond acceptors (Lipinski definition) is 5. The maximum Gasteiger partial charge on any atom is 0.148 e. The Kier molecular flexibility index (Phi) is 4.20. The molecule has 0 aliphatic rings. The molecular weight excluding hydrogens is 250 g/mol. The molecule has 1 heterocycles. The third-order valence-corrected chi connectivity index (χ3v) is 3.23. The van der Waals surface area contributed by atoms with Gasteiger partial charge in [0.15, 0.2) is 0 Å². The van der Waals surface area contributed by atoms with Crippen molar-refractivity contribution in [1.82, 2.24) is 9.97 Å². The number of anilines is 3. The van der Waals surface area contributed by atoms with Gasteiger partial charge in [0.25, 0.3) is 0 Å². The normalized spacial score (nSPS) is 10.7. The summed E-state index contributed by atoms with van der Waals surface area (Å²) in [4.78, 5) is 8.52. The molecule has 2 rings (SSSR count). The smallest absolute Gasteiger partial charge is 0.148 e. The van der Waals surface area contributed by atoms with Gasteiger partial charge < -0.3 is 10.7 Å². The quantitative estimate of drug-likeness (QED) is 0.588. The van der Waals surface area contributed by atoms with E-state index in [9.17, 15) is 0 Å². The molecule has 2 aromatic rings. The number of hydrazine groups is 1. The first-order valence-electron chi connectivity index (χ1n) is 6.68. The molecule has 0 fully saturated rings. The molecule has 0 unspecified atom stereocenters. The highest BCUT2D eigenvalue weighted by atomic mass is 15.3. The molecule has 20 heavy (non-hydrogen) atoms. The first-order valence-corrected chi connectivity index (χ1v) is 6.68. The Morgan fingerprint density at radius 2 is 1.80 bits per heavy atom. The maximum atomic E-state index is 5.53. The molecule has 5 nitrogen and oxygen atoms in total. The van der Waals surface area contributed by atoms with Crippen LogP contribution in [0, 0.1) is 13.8 Å². The van der Waals surface area contributed by atoms with Gasteiger partial charge in [0.05, 0.1) is 0 Å². The second-order valence-corrected chi connectivity index (χ2v) is 5.23. The lowest BCUT2D eigenvalue weighted by molar-refractivity contribution is 0.850. The number of nitrogens with one attached hydrogen (secondary N) is 2. The predicted octanol–water partition coefficient (Wildman–Crippen LogP) is 3.25. The lowest BCUT2D eigenvalue weighted by atomic mass is 10.0. The van der Waals surface area contributed by atoms with Crippen LogP contribution >= 0.6 is 0 Å². The average Bonchev–Trinajstić information content (AvgIpc) is 2.41. The third kappa shape index (κ3) is 2.88. The summed E-state index contributed by atoms with van der Waals surface area (Å²) in [6.45, 7) is 8.34. The van der Waals surface area contributed by atoms with E-state index in [-0.39, 0.29) is 5.92 Å². The standard InChI is InChI=1S/C15H21N5/c1-9(2)13-14(17-8-18-15(13)20-16)19-12-6-5-10(3)7-11(12)4/h5-9H,16H2,1-4H3,(H2,17,18,19,20). The van der Waals surface area contributed by atoms with Crippen molar-refractivity contribution in [2.45, 2.75) is 33.6 Å². The number of hydrogen-bond donors (Lipinski definition) is 3. The van der Waals surface area contributed by atoms with Crippen molar-refractivity contribution >= 4 is 17.3 Å². The van der Waals surface area contributed by atoms with Crippen molar-refractivity contribution in [3.8, 4) is 0 Å². The molecule has 0 saturated heterocycles. The summed E-state index contributed by atoms with van der Waals surface area (Å²) in [5.41, 5.74) is 7.08. The minimum absolute atomic E-state index is 0.260. The fraction of sp³-hybridized carbons (Fsp3) is 0.333. The molecule has 1 aromatic carbocycles. The van der Waals surface area contributed by atoms with E-state index in [2.05, 4.69) is 66.6 Å². The van der Waals surface area contributed by atoms with Crippen molar-refractivity contribution in [3.05, 3.63) is 41.2 Å². The molecule has 0 radical (unpaired) electrons. The summed E-state index contributed by atoms with van der Waals surface area (Å²) in [7, 11) is 0. The van der Waals surface area contributed by atoms with E-state index in [4.69, 9.17) is 5.84 Å². The minimum atomic E-state index is 0.260. The molecule has 0 aliphatic heterocycles. The minimum Gasteiger partial charge on any atom is -0.340 e. The fourth-order valence-electron chi connectivity index (χ4n) is 2.24. The van der Waals surface area contributed by atoms with Gasteiger partial charge in [-0.3, -0.25) is 0 Å². The van der Waals surface area contributed by atoms with Gasteiger partial charge in [-0.25, -0.2) is 15.8 Å². The molecule has 4 N–H and O–H groups in total. The molecule has 0 spiro atoms. The number of nitrogens with two attached hydrogens (primary N) is 1. The number of rotatable bonds is 4. The molecule has 0 aliphatic carbocycles. The van der Waals surface area contributed by atoms with Crippen molar-refractivity contribution in [2.24, 2.45) is 5.84 Å². The molecule has 0 saturated carbocycles. The number of aryl methyl sites for hydroxylation is 2. The van der Waals surface area contributed by atoms with Gasteiger partial charge in [-0.1, -0.05) is 31.5 Å². The first kappa shape index (κ1) is 14.3. The Bertz CT molecular complexity index is 607. The zero-order valence-electron chi connectivity index (χ0n) is 12.4. The van der Waals surface area contributed by atoms with Crippen molar-refractivity contribution in [1.29, 1.82) is 0 Å². The van der Waals surface area contributed by atoms with Crippen LogP contribution in [0.15, 0.2) is 24.5 Å². The van der Waals surface area contributed by atoms with Gasteiger partial charge in [0.1, 0.15) is 18.0 Å². The maximum absolute atomic E-state index is 5.53. The SMILES string of the molecule is Cc1ccc(Nc2ncnc(NN)c2C(C)C)c(C)c1. The van der Waals surface area contributed by atoms with Gasteiger partial charge in [-0.05, 0) is 31.4 Å². The Hall–Kier alpha value is -2.14. The summed E-state index contributed by atoms with van der Waals surface area (Å²) >= 11 is 0. The Labute approximate surface area is 119 Å². The molecule has 1 aromatic heterocycles. The molecule has 0 atom stereocenters. The summed E-state index contributed by atoms with van der Waals surface area (Å²) in [6, 6.07) is 6.28. The van der Waals surface area contributed by atoms with E-state index in [0.29, 0.717) is 5.82 Å². The Balaban J connectivity index is 2.43. The predicted molar refractivity (Wildman–Crippen MR) is 83.1 cm³/mol. The summed E-state index contributed by atoms with van der Waals surface area (Å²) < 4.78 is 0. The van der Waals surface area contributed by atoms with Gasteiger partial charge >= 0.3 is 0 Å². The highest BCUT2D eigenvalue weighted by molar-refractivity contribution is 5.67. The van der Waals surface area contributed by atoms with E-state index < -0.39 is 0 Å². The van der Waals surface area contributed by atoms with Crippen LogP contribution in [0.5, 0.6) is 0 Å². The lowest BCUT2D eigenvalue weighted by Gasteiger charge is -2.17. The largest absolute Gasteiger partial charge is 0.340 e. The van der Waals surface area contributed by atoms with Crippen molar-refractivity contribution < 1.29 is 0 Å². The van der Waals surface area contributed by atoms with E-state index in [1.807, 2.05) is 0 Å². The van der Waals surface area contributed by atoms with Crippen LogP contribution < -0.4 is 16.6 Å². The Morgan fingerprint density at radius 3 is 2.40 bits per heavy atom. The average molecular weight is 271 g/mol. The van der Waals surface area contributed by atoms with Crippen LogP contribution in [-0.4, -0.2) is 9.97 Å². The van der Waals surface area contributed by atoms with Crippen molar-refractivity contribution in [2.75, 3.05) is 10.7 Å². The first-order chi connectivity index (χ1) is 9.52. The fourth-order valence-corrected chi connectivity index (χ4v) is 2.24. The Morgan fingerprint density at radius 1 is 1.10 bits per heavy atom. The van der Waals surface area contributed by atoms with Gasteiger partial charge in [-0.2, -0.15) is 0 Å². The van der Waals surface area contributed by atoms with Gasteiger partial charge in [0, 0.05) is 11.3 Å². The van der Waals surface area contributed by atoms with Gasteiger partial charge in [0.2, 0.25) is 0 Å². The van der Waals surface area contributed by atoms with E-state index in [1.54, 1.807) is 0 Å². The van der Waals surface area contributed by atoms with Gasteiger partial charge in [-0.15, -0.1) is 0 Å². The van der Waals surface area contributed by atoms with Crippen LogP contribution in [0.3, 0.4) is 0 Å². The van der Waals surface area contributed by atoms with Crippen LogP contribution in [0.25, 0.3) is 0 Å². The molecule has 5 heteroatoms. The summed E-state index contributed by atoms with van der Waals surface area (Å²) in [6.07, 6.45) is 1.51. The second kappa shape index (κ2) is 5.88. The molecule has 0 amide bonds. The lowest BCUT2D eigenvalue weighted by Crippen LogP contribution is -2.14. The topological polar surface area (TPSA) is 75.9 Å². The van der Waals surface area contributed by atoms with Crippen LogP contribution in [-0.2, 0) is 0 Å². The van der Waals surface area contributed by atoms with Crippen LogP contribution in [0.2, 0.25) is 0 Å². The zero-order valence-corrected chi connectivity index (χ0v) is 12.4. The van der Waals surface area contributed by atoms with Crippen molar-refractivity contribution in [3.63, 3.8) is 0 Å². The summed E-state index contributed by atoms with van der Waals surface area (Å²) in [5, 5.41) is 3.38. The number of benzene rings is 1. The van der Waals surface area contributed by atoms with Crippen LogP contribution in [0.1, 0.15) is 36.5 Å². The highest BCUT2D eigenvalue weighted by Gasteiger charge is 2.15. The number of aromatic nitrogens is 2. The molecule has 0 bridgehead atoms. The van der Waals surface area contributed by atoms with Crippen LogP contribution in [0.4, 0.5) is 17.3 Å². The summed E-state index contributed by atoms with van der Waals surface area (Å²) in [5.74, 6) is 7.23. The number of nitrogens with zero attached hydrogens (tertiary/aromatic N) is 2. The number of nitrogen functional groups attached to an aromatic ring is 1. The van der Waals surface area contributed by atoms with E-state index in [1.165, 1.54) is 17.5 Å². The monoisotopic (exact) mass is 271 g/mol. The molecular formula is C15H21N5. The zero-order chi connectivity index (χ0) is 14.7. The highest BCUT2D eigenvalue weighted by Crippen LogP contribution is 2.30. The second-order valence-electron chi connectivity index (χ2n) is 5.23. The molecule has 106 valence electrons. The van der Waals surface area contributed by atoms with E-state index in [0.717, 1.165) is 17.1 Å².